The number of nitrogens with one attached hydrogen (secondary N) is 2. The highest BCUT2D eigenvalue weighted by molar-refractivity contribution is 6.00. The van der Waals surface area contributed by atoms with Crippen molar-refractivity contribution in [1.29, 1.82) is 0 Å². The van der Waals surface area contributed by atoms with Crippen molar-refractivity contribution in [3.05, 3.63) is 29.8 Å². The number of carbonyl (C=O) groups is 4. The third-order valence-corrected chi connectivity index (χ3v) is 4.66. The number of nitrogens with two attached hydrogens (primary N) is 1. The van der Waals surface area contributed by atoms with Gasteiger partial charge >= 0.3 is 5.97 Å². The molecule has 33 heavy (non-hydrogen) atoms. The van der Waals surface area contributed by atoms with E-state index in [1.54, 1.807) is 18.2 Å². The number of para-hydroxylation sites is 1. The number of hydrogen-bond donors (Lipinski definition) is 6. The van der Waals surface area contributed by atoms with Crippen LogP contribution in [-0.2, 0) is 23.9 Å². The maximum Gasteiger partial charge on any atom is 0.320 e. The lowest BCUT2D eigenvalue weighted by molar-refractivity contribution is -0.165. The summed E-state index contributed by atoms with van der Waals surface area (Å²) in [5.74, 6) is -2.79. The van der Waals surface area contributed by atoms with E-state index < -0.39 is 35.8 Å². The van der Waals surface area contributed by atoms with Crippen molar-refractivity contribution in [2.24, 2.45) is 10.7 Å². The minimum Gasteiger partial charge on any atom is -0.507 e. The van der Waals surface area contributed by atoms with E-state index in [2.05, 4.69) is 15.6 Å². The number of hydrogen-bond acceptors (Lipinski definition) is 9. The van der Waals surface area contributed by atoms with E-state index in [1.165, 1.54) is 6.07 Å². The van der Waals surface area contributed by atoms with Crippen LogP contribution < -0.4 is 16.4 Å². The van der Waals surface area contributed by atoms with Crippen LogP contribution in [0.15, 0.2) is 29.3 Å². The number of phenolic OH excluding ortho intramolecular Hbond substituents is 1. The van der Waals surface area contributed by atoms with E-state index >= 15 is 0 Å². The van der Waals surface area contributed by atoms with Gasteiger partial charge in [-0.25, -0.2) is 10.1 Å². The number of nitrogens with zero attached hydrogens (tertiary/aromatic N) is 2. The highest BCUT2D eigenvalue weighted by Gasteiger charge is 2.27. The number of ether oxygens (including phenoxy) is 1. The van der Waals surface area contributed by atoms with Crippen LogP contribution in [0.2, 0.25) is 0 Å². The van der Waals surface area contributed by atoms with Crippen LogP contribution in [-0.4, -0.2) is 88.4 Å². The largest absolute Gasteiger partial charge is 0.507 e. The monoisotopic (exact) mass is 465 g/mol. The molecule has 13 nitrogen and oxygen atoms in total. The van der Waals surface area contributed by atoms with Crippen LogP contribution >= 0.6 is 0 Å². The highest BCUT2D eigenvalue weighted by Crippen LogP contribution is 2.20. The zero-order chi connectivity index (χ0) is 24.4. The molecule has 2 atom stereocenters. The van der Waals surface area contributed by atoms with Gasteiger partial charge in [0, 0.05) is 19.5 Å². The van der Waals surface area contributed by atoms with Crippen LogP contribution in [0.1, 0.15) is 24.8 Å². The van der Waals surface area contributed by atoms with E-state index in [-0.39, 0.29) is 57.2 Å². The number of carbonyl (C=O) groups excluding carboxylic acids is 3. The van der Waals surface area contributed by atoms with Gasteiger partial charge in [0.05, 0.1) is 12.1 Å². The zero-order valence-electron chi connectivity index (χ0n) is 17.8. The second-order valence-electron chi connectivity index (χ2n) is 7.20. The van der Waals surface area contributed by atoms with Gasteiger partial charge in [-0.1, -0.05) is 12.1 Å². The minimum absolute atomic E-state index is 0.0310. The lowest BCUT2D eigenvalue weighted by atomic mass is 10.1. The van der Waals surface area contributed by atoms with Crippen molar-refractivity contribution < 1.29 is 39.3 Å². The molecule has 1 aromatic rings. The molecule has 1 aliphatic heterocycles. The van der Waals surface area contributed by atoms with Crippen molar-refractivity contribution in [1.82, 2.24) is 15.7 Å². The lowest BCUT2D eigenvalue weighted by Gasteiger charge is -2.16. The van der Waals surface area contributed by atoms with Gasteiger partial charge in [-0.3, -0.25) is 24.4 Å². The number of rotatable bonds is 12. The maximum absolute atomic E-state index is 12.2. The van der Waals surface area contributed by atoms with E-state index in [0.717, 1.165) is 0 Å². The Kier molecular flexibility index (Phi) is 9.57. The molecule has 180 valence electrons. The molecule has 7 N–H and O–H groups in total. The predicted molar refractivity (Wildman–Crippen MR) is 113 cm³/mol. The van der Waals surface area contributed by atoms with Gasteiger partial charge in [-0.15, -0.1) is 0 Å². The smallest absolute Gasteiger partial charge is 0.320 e. The number of amides is 3. The van der Waals surface area contributed by atoms with Crippen molar-refractivity contribution in [3.63, 3.8) is 0 Å². The Morgan fingerprint density at radius 3 is 2.67 bits per heavy atom. The van der Waals surface area contributed by atoms with Gasteiger partial charge in [0.25, 0.3) is 0 Å². The first-order chi connectivity index (χ1) is 15.7. The number of aromatic hydroxyl groups is 1. The maximum atomic E-state index is 12.2. The zero-order valence-corrected chi connectivity index (χ0v) is 17.8. The summed E-state index contributed by atoms with van der Waals surface area (Å²) in [5, 5.41) is 33.4. The fourth-order valence-corrected chi connectivity index (χ4v) is 2.80. The number of aliphatic carboxylic acids is 1. The normalized spacial score (nSPS) is 15.7. The van der Waals surface area contributed by atoms with Gasteiger partial charge < -0.3 is 31.3 Å². The second kappa shape index (κ2) is 12.4. The Morgan fingerprint density at radius 2 is 1.97 bits per heavy atom. The molecule has 0 radical (unpaired) electrons. The highest BCUT2D eigenvalue weighted by atomic mass is 16.5. The molecule has 2 rings (SSSR count). The first kappa shape index (κ1) is 25.5. The standard InChI is InChI=1S/C20H27N5O8/c21-13(20(30)31)5-3-9-25(32)17(28)7-8-22-16(27)10-23-18(29)14-11-33-19(24-14)12-4-1-2-6-15(12)26/h1-2,4,6,13-14,26,32H,3,5,7-11,21H2,(H,22,27)(H,23,29)(H,30,31)/t13-,14+/m0/s1. The number of phenols is 1. The number of carboxylic acid groups (broad SMARTS) is 1. The molecule has 0 fully saturated rings. The summed E-state index contributed by atoms with van der Waals surface area (Å²) in [6, 6.07) is 4.46. The van der Waals surface area contributed by atoms with E-state index in [4.69, 9.17) is 15.6 Å². The summed E-state index contributed by atoms with van der Waals surface area (Å²) in [6.45, 7) is -0.534. The molecule has 1 heterocycles. The summed E-state index contributed by atoms with van der Waals surface area (Å²) in [6.07, 6.45) is 0.110. The van der Waals surface area contributed by atoms with Gasteiger partial charge in [-0.2, -0.15) is 0 Å². The summed E-state index contributed by atoms with van der Waals surface area (Å²) < 4.78 is 5.35. The molecule has 3 amide bonds. The number of benzene rings is 1. The fourth-order valence-electron chi connectivity index (χ4n) is 2.80. The molecule has 0 spiro atoms. The minimum atomic E-state index is -1.16. The number of carboxylic acids is 1. The van der Waals surface area contributed by atoms with Crippen molar-refractivity contribution >= 4 is 29.6 Å². The van der Waals surface area contributed by atoms with Crippen molar-refractivity contribution in [3.8, 4) is 5.75 Å². The number of hydroxylamine groups is 2. The topological polar surface area (TPSA) is 204 Å². The van der Waals surface area contributed by atoms with Crippen LogP contribution in [0.25, 0.3) is 0 Å². The average molecular weight is 465 g/mol. The molecule has 0 aromatic heterocycles. The molecular weight excluding hydrogens is 438 g/mol. The Labute approximate surface area is 189 Å². The molecule has 1 aliphatic rings. The van der Waals surface area contributed by atoms with E-state index in [1.807, 2.05) is 0 Å². The van der Waals surface area contributed by atoms with Crippen molar-refractivity contribution in [2.75, 3.05) is 26.2 Å². The van der Waals surface area contributed by atoms with Crippen LogP contribution in [0.5, 0.6) is 5.75 Å². The van der Waals surface area contributed by atoms with Crippen LogP contribution in [0.3, 0.4) is 0 Å². The van der Waals surface area contributed by atoms with Gasteiger partial charge in [0.15, 0.2) is 6.04 Å². The molecule has 1 aromatic carbocycles. The van der Waals surface area contributed by atoms with Gasteiger partial charge in [0.2, 0.25) is 23.6 Å². The average Bonchev–Trinajstić information content (AvgIpc) is 3.27. The first-order valence-electron chi connectivity index (χ1n) is 10.2. The number of aliphatic imine (C=N–C) groups is 1. The molecule has 13 heteroatoms. The molecule has 0 unspecified atom stereocenters. The molecular formula is C20H27N5O8. The lowest BCUT2D eigenvalue weighted by Crippen LogP contribution is -2.42. The van der Waals surface area contributed by atoms with Gasteiger partial charge in [-0.05, 0) is 25.0 Å². The quantitative estimate of drug-likeness (QED) is 0.158. The predicted octanol–water partition coefficient (Wildman–Crippen LogP) is -1.43. The summed E-state index contributed by atoms with van der Waals surface area (Å²) in [4.78, 5) is 50.6. The Hall–Kier alpha value is -3.71. The third-order valence-electron chi connectivity index (χ3n) is 4.66. The molecule has 0 saturated carbocycles. The van der Waals surface area contributed by atoms with Gasteiger partial charge in [0.1, 0.15) is 18.4 Å². The first-order valence-corrected chi connectivity index (χ1v) is 10.2. The van der Waals surface area contributed by atoms with Crippen molar-refractivity contribution in [2.45, 2.75) is 31.3 Å². The summed E-state index contributed by atoms with van der Waals surface area (Å²) >= 11 is 0. The summed E-state index contributed by atoms with van der Waals surface area (Å²) in [5.41, 5.74) is 5.69. The SMILES string of the molecule is N[C@@H](CCCN(O)C(=O)CCNC(=O)CNC(=O)[C@H]1COC(c2ccccc2O)=N1)C(=O)O. The molecule has 0 saturated heterocycles. The van der Waals surface area contributed by atoms with E-state index in [9.17, 15) is 29.5 Å². The van der Waals surface area contributed by atoms with E-state index in [0.29, 0.717) is 10.6 Å². The molecule has 0 aliphatic carbocycles. The Balaban J connectivity index is 1.65. The van der Waals surface area contributed by atoms with Crippen LogP contribution in [0.4, 0.5) is 0 Å². The second-order valence-corrected chi connectivity index (χ2v) is 7.20. The Bertz CT molecular complexity index is 906. The van der Waals surface area contributed by atoms with Crippen LogP contribution in [0, 0.1) is 0 Å². The fraction of sp³-hybridized carbons (Fsp3) is 0.450. The third kappa shape index (κ3) is 8.05. The molecule has 0 bridgehead atoms. The summed E-state index contributed by atoms with van der Waals surface area (Å²) in [7, 11) is 0. The Morgan fingerprint density at radius 1 is 1.24 bits per heavy atom.